The van der Waals surface area contributed by atoms with Crippen molar-refractivity contribution in [2.45, 2.75) is 30.9 Å². The molecule has 1 fully saturated rings. The molecule has 2 unspecified atom stereocenters. The highest BCUT2D eigenvalue weighted by Crippen LogP contribution is 2.32. The Morgan fingerprint density at radius 3 is 2.52 bits per heavy atom. The van der Waals surface area contributed by atoms with E-state index in [2.05, 4.69) is 0 Å². The van der Waals surface area contributed by atoms with Crippen LogP contribution in [0.15, 0.2) is 66.7 Å². The van der Waals surface area contributed by atoms with E-state index in [1.54, 1.807) is 18.2 Å². The van der Waals surface area contributed by atoms with Gasteiger partial charge in [-0.2, -0.15) is 8.78 Å². The number of nitrogens with zero attached hydrogens (tertiary/aromatic N) is 1. The Morgan fingerprint density at radius 2 is 1.87 bits per heavy atom. The number of cyclic esters (lactones) is 1. The van der Waals surface area contributed by atoms with Gasteiger partial charge in [-0.05, 0) is 30.5 Å². The molecule has 0 bridgehead atoms. The molecule has 2 N–H and O–H groups in total. The number of hydrogen-bond acceptors (Lipinski definition) is 4. The largest absolute Gasteiger partial charge is 0.478 e. The minimum absolute atomic E-state index is 0.0201. The summed E-state index contributed by atoms with van der Waals surface area (Å²) in [7, 11) is 0. The predicted octanol–water partition coefficient (Wildman–Crippen LogP) is 3.85. The summed E-state index contributed by atoms with van der Waals surface area (Å²) in [6.07, 6.45) is 0.967. The van der Waals surface area contributed by atoms with Gasteiger partial charge in [0.2, 0.25) is 0 Å². The summed E-state index contributed by atoms with van der Waals surface area (Å²) < 4.78 is 33.9. The highest BCUT2D eigenvalue weighted by molar-refractivity contribution is 5.87. The Morgan fingerprint density at radius 1 is 1.19 bits per heavy atom. The van der Waals surface area contributed by atoms with Crippen molar-refractivity contribution in [2.24, 2.45) is 0 Å². The van der Waals surface area contributed by atoms with Crippen LogP contribution in [0.3, 0.4) is 0 Å². The molecule has 0 aliphatic carbocycles. The standard InChI is InChI=1S/C23H23F2NO5/c24-23(25,18-6-2-1-3-7-18)20(27)13-12-19-15-31-22(30)26(19)14-4-5-16-8-10-17(11-9-16)21(28)29/h1-3,6-13,19-20,27H,4-5,14-15H2,(H,28,29)/b13-12+. The number of carboxylic acids is 1. The average molecular weight is 431 g/mol. The van der Waals surface area contributed by atoms with Crippen LogP contribution in [0, 0.1) is 0 Å². The van der Waals surface area contributed by atoms with Crippen LogP contribution >= 0.6 is 0 Å². The van der Waals surface area contributed by atoms with E-state index in [4.69, 9.17) is 9.84 Å². The van der Waals surface area contributed by atoms with E-state index in [0.717, 1.165) is 11.6 Å². The molecule has 2 aromatic rings. The molecule has 0 aromatic heterocycles. The Bertz CT molecular complexity index is 931. The minimum Gasteiger partial charge on any atom is -0.478 e. The van der Waals surface area contributed by atoms with Crippen molar-refractivity contribution in [1.29, 1.82) is 0 Å². The van der Waals surface area contributed by atoms with Gasteiger partial charge in [0, 0.05) is 12.1 Å². The first-order chi connectivity index (χ1) is 14.8. The molecule has 1 saturated heterocycles. The van der Waals surface area contributed by atoms with E-state index < -0.39 is 30.1 Å². The fourth-order valence-corrected chi connectivity index (χ4v) is 3.33. The number of aromatic carboxylic acids is 1. The Labute approximate surface area is 178 Å². The number of hydrogen-bond donors (Lipinski definition) is 2. The molecular weight excluding hydrogens is 408 g/mol. The van der Waals surface area contributed by atoms with Gasteiger partial charge in [-0.15, -0.1) is 0 Å². The molecule has 0 radical (unpaired) electrons. The average Bonchev–Trinajstić information content (AvgIpc) is 3.12. The van der Waals surface area contributed by atoms with Gasteiger partial charge in [-0.3, -0.25) is 4.90 Å². The summed E-state index contributed by atoms with van der Waals surface area (Å²) in [5.41, 5.74) is 0.821. The maximum Gasteiger partial charge on any atom is 0.410 e. The molecule has 1 amide bonds. The topological polar surface area (TPSA) is 87.1 Å². The second-order valence-corrected chi connectivity index (χ2v) is 7.26. The van der Waals surface area contributed by atoms with Gasteiger partial charge < -0.3 is 14.9 Å². The van der Waals surface area contributed by atoms with Crippen molar-refractivity contribution in [1.82, 2.24) is 4.90 Å². The molecular formula is C23H23F2NO5. The Kier molecular flexibility index (Phi) is 7.02. The van der Waals surface area contributed by atoms with Crippen LogP contribution in [-0.4, -0.2) is 52.5 Å². The number of carbonyl (C=O) groups excluding carboxylic acids is 1. The highest BCUT2D eigenvalue weighted by atomic mass is 19.3. The molecule has 6 nitrogen and oxygen atoms in total. The number of ether oxygens (including phenoxy) is 1. The van der Waals surface area contributed by atoms with Crippen molar-refractivity contribution in [3.05, 3.63) is 83.4 Å². The van der Waals surface area contributed by atoms with Crippen LogP contribution in [-0.2, 0) is 17.1 Å². The molecule has 3 rings (SSSR count). The van der Waals surface area contributed by atoms with E-state index in [0.29, 0.717) is 19.4 Å². The number of rotatable bonds is 9. The smallest absolute Gasteiger partial charge is 0.410 e. The normalized spacial score (nSPS) is 17.7. The van der Waals surface area contributed by atoms with Crippen molar-refractivity contribution in [3.8, 4) is 0 Å². The molecule has 164 valence electrons. The summed E-state index contributed by atoms with van der Waals surface area (Å²) in [5.74, 6) is -4.46. The number of halogens is 2. The third-order valence-electron chi connectivity index (χ3n) is 5.12. The predicted molar refractivity (Wildman–Crippen MR) is 109 cm³/mol. The maximum absolute atomic E-state index is 14.4. The van der Waals surface area contributed by atoms with Gasteiger partial charge in [-0.1, -0.05) is 54.6 Å². The lowest BCUT2D eigenvalue weighted by atomic mass is 10.0. The van der Waals surface area contributed by atoms with Crippen molar-refractivity contribution in [3.63, 3.8) is 0 Å². The summed E-state index contributed by atoms with van der Waals surface area (Å²) in [6, 6.07) is 13.0. The minimum atomic E-state index is -3.46. The number of carboxylic acid groups (broad SMARTS) is 1. The van der Waals surface area contributed by atoms with E-state index in [1.807, 2.05) is 0 Å². The van der Waals surface area contributed by atoms with Crippen LogP contribution in [0.4, 0.5) is 13.6 Å². The molecule has 2 aromatic carbocycles. The zero-order valence-electron chi connectivity index (χ0n) is 16.7. The fraction of sp³-hybridized carbons (Fsp3) is 0.304. The number of aryl methyl sites for hydroxylation is 1. The van der Waals surface area contributed by atoms with Crippen LogP contribution in [0.5, 0.6) is 0 Å². The van der Waals surface area contributed by atoms with Gasteiger partial charge in [0.1, 0.15) is 12.7 Å². The fourth-order valence-electron chi connectivity index (χ4n) is 3.33. The lowest BCUT2D eigenvalue weighted by molar-refractivity contribution is -0.0929. The second-order valence-electron chi connectivity index (χ2n) is 7.26. The SMILES string of the molecule is O=C(O)c1ccc(CCCN2C(=O)OCC2/C=C/C(O)C(F)(F)c2ccccc2)cc1. The third kappa shape index (κ3) is 5.46. The van der Waals surface area contributed by atoms with E-state index in [-0.39, 0.29) is 17.7 Å². The molecule has 31 heavy (non-hydrogen) atoms. The molecule has 1 heterocycles. The van der Waals surface area contributed by atoms with Crippen molar-refractivity contribution in [2.75, 3.05) is 13.2 Å². The summed E-state index contributed by atoms with van der Waals surface area (Å²) in [5, 5.41) is 18.9. The number of aliphatic hydroxyl groups is 1. The van der Waals surface area contributed by atoms with Crippen molar-refractivity contribution < 1.29 is 33.3 Å². The van der Waals surface area contributed by atoms with Gasteiger partial charge in [0.15, 0.2) is 0 Å². The van der Waals surface area contributed by atoms with Gasteiger partial charge in [0.05, 0.1) is 11.6 Å². The monoisotopic (exact) mass is 431 g/mol. The molecule has 0 saturated carbocycles. The molecule has 2 atom stereocenters. The highest BCUT2D eigenvalue weighted by Gasteiger charge is 2.39. The summed E-state index contributed by atoms with van der Waals surface area (Å²) in [4.78, 5) is 24.3. The Balaban J connectivity index is 1.57. The number of aliphatic hydroxyl groups excluding tert-OH is 1. The van der Waals surface area contributed by atoms with Crippen molar-refractivity contribution >= 4 is 12.1 Å². The zero-order valence-corrected chi connectivity index (χ0v) is 16.7. The molecule has 1 aliphatic rings. The molecule has 8 heteroatoms. The van der Waals surface area contributed by atoms with Crippen LogP contribution in [0.25, 0.3) is 0 Å². The number of alkyl halides is 2. The second kappa shape index (κ2) is 9.70. The molecule has 1 aliphatic heterocycles. The van der Waals surface area contributed by atoms with E-state index >= 15 is 0 Å². The first-order valence-corrected chi connectivity index (χ1v) is 9.84. The first kappa shape index (κ1) is 22.4. The van der Waals surface area contributed by atoms with Gasteiger partial charge in [-0.25, -0.2) is 9.59 Å². The number of benzene rings is 2. The lowest BCUT2D eigenvalue weighted by Crippen LogP contribution is -2.34. The van der Waals surface area contributed by atoms with E-state index in [1.165, 1.54) is 47.4 Å². The third-order valence-corrected chi connectivity index (χ3v) is 5.12. The Hall–Kier alpha value is -3.26. The lowest BCUT2D eigenvalue weighted by Gasteiger charge is -2.22. The zero-order chi connectivity index (χ0) is 22.4. The van der Waals surface area contributed by atoms with Crippen LogP contribution < -0.4 is 0 Å². The van der Waals surface area contributed by atoms with Crippen LogP contribution in [0.2, 0.25) is 0 Å². The number of amides is 1. The number of carbonyl (C=O) groups is 2. The summed E-state index contributed by atoms with van der Waals surface area (Å²) >= 11 is 0. The first-order valence-electron chi connectivity index (χ1n) is 9.84. The van der Waals surface area contributed by atoms with Gasteiger partial charge in [0.25, 0.3) is 0 Å². The maximum atomic E-state index is 14.4. The van der Waals surface area contributed by atoms with Crippen LogP contribution in [0.1, 0.15) is 27.9 Å². The van der Waals surface area contributed by atoms with E-state index in [9.17, 15) is 23.5 Å². The molecule has 0 spiro atoms. The summed E-state index contributed by atoms with van der Waals surface area (Å²) in [6.45, 7) is 0.353. The quantitative estimate of drug-likeness (QED) is 0.589. The van der Waals surface area contributed by atoms with Gasteiger partial charge >= 0.3 is 18.0 Å².